The van der Waals surface area contributed by atoms with Crippen molar-refractivity contribution in [2.45, 2.75) is 6.42 Å². The molecule has 0 atom stereocenters. The molecule has 0 radical (unpaired) electrons. The first-order valence-electron chi connectivity index (χ1n) is 5.05. The van der Waals surface area contributed by atoms with E-state index in [1.165, 1.54) is 5.56 Å². The number of anilines is 2. The monoisotopic (exact) mass is 221 g/mol. The highest BCUT2D eigenvalue weighted by Gasteiger charge is 2.10. The van der Waals surface area contributed by atoms with Gasteiger partial charge in [-0.25, -0.2) is 0 Å². The normalized spacial score (nSPS) is 10.6. The third-order valence-corrected chi connectivity index (χ3v) is 2.54. The zero-order valence-electron chi connectivity index (χ0n) is 9.42. The number of furan rings is 1. The molecule has 0 aliphatic carbocycles. The van der Waals surface area contributed by atoms with Crippen molar-refractivity contribution < 1.29 is 4.42 Å². The summed E-state index contributed by atoms with van der Waals surface area (Å²) >= 11 is 0. The van der Waals surface area contributed by atoms with Gasteiger partial charge in [0.25, 0.3) is 0 Å². The molecule has 0 aliphatic heterocycles. The van der Waals surface area contributed by atoms with Gasteiger partial charge in [0, 0.05) is 20.6 Å². The van der Waals surface area contributed by atoms with Gasteiger partial charge in [-0.1, -0.05) is 0 Å². The largest absolute Gasteiger partial charge is 0.472 e. The average Bonchev–Trinajstić information content (AvgIpc) is 2.88. The lowest BCUT2D eigenvalue weighted by molar-refractivity contribution is 0.563. The van der Waals surface area contributed by atoms with Crippen LogP contribution in [0.1, 0.15) is 5.56 Å². The lowest BCUT2D eigenvalue weighted by Gasteiger charge is -2.16. The summed E-state index contributed by atoms with van der Waals surface area (Å²) < 4.78 is 6.77. The fraction of sp³-hybridized carbons (Fsp3) is 0.400. The van der Waals surface area contributed by atoms with E-state index in [9.17, 15) is 0 Å². The second-order valence-corrected chi connectivity index (χ2v) is 3.72. The predicted octanol–water partition coefficient (Wildman–Crippen LogP) is 0.669. The molecule has 2 N–H and O–H groups in total. The summed E-state index contributed by atoms with van der Waals surface area (Å²) in [5.74, 6) is 1.19. The molecule has 2 aromatic heterocycles. The van der Waals surface area contributed by atoms with Crippen molar-refractivity contribution in [2.75, 3.05) is 24.2 Å². The molecule has 86 valence electrons. The molecule has 0 aromatic carbocycles. The molecule has 2 aromatic rings. The van der Waals surface area contributed by atoms with E-state index < -0.39 is 0 Å². The quantitative estimate of drug-likeness (QED) is 0.821. The summed E-state index contributed by atoms with van der Waals surface area (Å²) in [5, 5.41) is 7.82. The van der Waals surface area contributed by atoms with Crippen LogP contribution in [-0.2, 0) is 13.5 Å². The molecule has 0 bridgehead atoms. The van der Waals surface area contributed by atoms with Crippen LogP contribution < -0.4 is 10.6 Å². The van der Waals surface area contributed by atoms with Crippen LogP contribution >= 0.6 is 0 Å². The van der Waals surface area contributed by atoms with Crippen LogP contribution in [-0.4, -0.2) is 28.4 Å². The van der Waals surface area contributed by atoms with Crippen molar-refractivity contribution in [1.82, 2.24) is 14.8 Å². The molecule has 6 heteroatoms. The minimum absolute atomic E-state index is 0.421. The zero-order chi connectivity index (χ0) is 11.5. The zero-order valence-corrected chi connectivity index (χ0v) is 9.42. The smallest absolute Gasteiger partial charge is 0.228 e. The first-order chi connectivity index (χ1) is 7.68. The molecule has 16 heavy (non-hydrogen) atoms. The van der Waals surface area contributed by atoms with Crippen molar-refractivity contribution in [1.29, 1.82) is 0 Å². The van der Waals surface area contributed by atoms with E-state index in [-0.39, 0.29) is 0 Å². The lowest BCUT2D eigenvalue weighted by atomic mass is 10.2. The van der Waals surface area contributed by atoms with Gasteiger partial charge in [-0.15, -0.1) is 10.2 Å². The first kappa shape index (κ1) is 10.5. The van der Waals surface area contributed by atoms with E-state index in [1.54, 1.807) is 17.1 Å². The number of hydrogen-bond acceptors (Lipinski definition) is 5. The molecule has 0 spiro atoms. The Balaban J connectivity index is 1.98. The number of nitrogen functional groups attached to an aromatic ring is 1. The molecule has 0 unspecified atom stereocenters. The van der Waals surface area contributed by atoms with Crippen LogP contribution in [0.25, 0.3) is 0 Å². The highest BCUT2D eigenvalue weighted by atomic mass is 16.3. The third kappa shape index (κ3) is 2.00. The highest BCUT2D eigenvalue weighted by molar-refractivity contribution is 5.35. The Morgan fingerprint density at radius 3 is 2.88 bits per heavy atom. The average molecular weight is 221 g/mol. The molecule has 0 saturated carbocycles. The topological polar surface area (TPSA) is 73.1 Å². The molecule has 0 fully saturated rings. The Bertz CT molecular complexity index is 448. The minimum Gasteiger partial charge on any atom is -0.472 e. The Morgan fingerprint density at radius 2 is 2.31 bits per heavy atom. The van der Waals surface area contributed by atoms with Crippen molar-refractivity contribution in [3.8, 4) is 0 Å². The van der Waals surface area contributed by atoms with Crippen molar-refractivity contribution in [2.24, 2.45) is 7.05 Å². The number of likely N-dealkylation sites (N-methyl/N-ethyl adjacent to an activating group) is 1. The summed E-state index contributed by atoms with van der Waals surface area (Å²) in [6, 6.07) is 1.96. The Hall–Kier alpha value is -1.98. The first-order valence-corrected chi connectivity index (χ1v) is 5.05. The van der Waals surface area contributed by atoms with E-state index in [2.05, 4.69) is 10.2 Å². The summed E-state index contributed by atoms with van der Waals surface area (Å²) in [5.41, 5.74) is 6.79. The molecular weight excluding hydrogens is 206 g/mol. The Kier molecular flexibility index (Phi) is 2.80. The molecule has 0 amide bonds. The Morgan fingerprint density at radius 1 is 1.50 bits per heavy atom. The van der Waals surface area contributed by atoms with E-state index in [0.717, 1.165) is 18.9 Å². The molecular formula is C10H15N5O. The number of rotatable bonds is 4. The summed E-state index contributed by atoms with van der Waals surface area (Å²) in [6.45, 7) is 0.839. The van der Waals surface area contributed by atoms with E-state index in [4.69, 9.17) is 10.2 Å². The minimum atomic E-state index is 0.421. The van der Waals surface area contributed by atoms with Gasteiger partial charge in [0.15, 0.2) is 0 Å². The fourth-order valence-corrected chi connectivity index (χ4v) is 1.50. The van der Waals surface area contributed by atoms with Crippen LogP contribution in [0.5, 0.6) is 0 Å². The number of nitrogens with zero attached hydrogens (tertiary/aromatic N) is 4. The van der Waals surface area contributed by atoms with Gasteiger partial charge in [0.2, 0.25) is 11.9 Å². The second-order valence-electron chi connectivity index (χ2n) is 3.72. The highest BCUT2D eigenvalue weighted by Crippen LogP contribution is 2.11. The standard InChI is InChI=1S/C10H15N5O/c1-14(5-3-8-4-6-16-7-8)10-13-12-9(11)15(10)2/h4,6-7H,3,5H2,1-2H3,(H2,11,12). The van der Waals surface area contributed by atoms with E-state index >= 15 is 0 Å². The maximum atomic E-state index is 5.62. The van der Waals surface area contributed by atoms with Crippen LogP contribution in [0.15, 0.2) is 23.0 Å². The fourth-order valence-electron chi connectivity index (χ4n) is 1.50. The summed E-state index contributed by atoms with van der Waals surface area (Å²) in [7, 11) is 3.81. The maximum Gasteiger partial charge on any atom is 0.228 e. The molecule has 0 aliphatic rings. The maximum absolute atomic E-state index is 5.62. The van der Waals surface area contributed by atoms with Gasteiger partial charge in [0.1, 0.15) is 0 Å². The van der Waals surface area contributed by atoms with Gasteiger partial charge < -0.3 is 15.1 Å². The number of aromatic nitrogens is 3. The summed E-state index contributed by atoms with van der Waals surface area (Å²) in [6.07, 6.45) is 4.33. The molecule has 0 saturated heterocycles. The van der Waals surface area contributed by atoms with Gasteiger partial charge in [0.05, 0.1) is 12.5 Å². The van der Waals surface area contributed by atoms with Crippen molar-refractivity contribution in [3.05, 3.63) is 24.2 Å². The van der Waals surface area contributed by atoms with Crippen LogP contribution in [0.4, 0.5) is 11.9 Å². The van der Waals surface area contributed by atoms with Crippen molar-refractivity contribution >= 4 is 11.9 Å². The van der Waals surface area contributed by atoms with Crippen LogP contribution in [0.2, 0.25) is 0 Å². The molecule has 2 rings (SSSR count). The van der Waals surface area contributed by atoms with Crippen molar-refractivity contribution in [3.63, 3.8) is 0 Å². The van der Waals surface area contributed by atoms with E-state index in [0.29, 0.717) is 5.95 Å². The number of hydrogen-bond donors (Lipinski definition) is 1. The van der Waals surface area contributed by atoms with Gasteiger partial charge >= 0.3 is 0 Å². The van der Waals surface area contributed by atoms with Gasteiger partial charge in [-0.3, -0.25) is 4.57 Å². The third-order valence-electron chi connectivity index (χ3n) is 2.54. The lowest BCUT2D eigenvalue weighted by Crippen LogP contribution is -2.23. The second kappa shape index (κ2) is 4.26. The number of nitrogens with two attached hydrogens (primary N) is 1. The predicted molar refractivity (Wildman–Crippen MR) is 61.1 cm³/mol. The molecule has 2 heterocycles. The van der Waals surface area contributed by atoms with E-state index in [1.807, 2.05) is 25.1 Å². The Labute approximate surface area is 93.7 Å². The van der Waals surface area contributed by atoms with Crippen LogP contribution in [0, 0.1) is 0 Å². The van der Waals surface area contributed by atoms with Crippen LogP contribution in [0.3, 0.4) is 0 Å². The molecule has 6 nitrogen and oxygen atoms in total. The SMILES string of the molecule is CN(CCc1ccoc1)c1nnc(N)n1C. The summed E-state index contributed by atoms with van der Waals surface area (Å²) in [4.78, 5) is 2.01. The van der Waals surface area contributed by atoms with Gasteiger partial charge in [-0.2, -0.15) is 0 Å². The van der Waals surface area contributed by atoms with Gasteiger partial charge in [-0.05, 0) is 18.1 Å².